The Balaban J connectivity index is 2.17. The van der Waals surface area contributed by atoms with Crippen LogP contribution in [0, 0.1) is 12.7 Å². The molecule has 1 N–H and O–H groups in total. The molecule has 2 nitrogen and oxygen atoms in total. The number of amides is 1. The van der Waals surface area contributed by atoms with Crippen LogP contribution in [0.4, 0.5) is 4.39 Å². The lowest BCUT2D eigenvalue weighted by Gasteiger charge is -2.15. The van der Waals surface area contributed by atoms with Crippen LogP contribution in [-0.4, -0.2) is 5.91 Å². The van der Waals surface area contributed by atoms with Gasteiger partial charge in [0, 0.05) is 10.0 Å². The van der Waals surface area contributed by atoms with Crippen molar-refractivity contribution in [3.05, 3.63) is 69.4 Å². The minimum absolute atomic E-state index is 0.229. The first-order chi connectivity index (χ1) is 9.49. The Morgan fingerprint density at radius 1 is 1.25 bits per heavy atom. The van der Waals surface area contributed by atoms with Gasteiger partial charge in [0.25, 0.3) is 5.91 Å². The maximum Gasteiger partial charge on any atom is 0.252 e. The number of rotatable bonds is 3. The van der Waals surface area contributed by atoms with Gasteiger partial charge in [0.15, 0.2) is 0 Å². The second-order valence-electron chi connectivity index (χ2n) is 4.70. The Morgan fingerprint density at radius 2 is 1.95 bits per heavy atom. The maximum absolute atomic E-state index is 13.7. The van der Waals surface area contributed by atoms with Gasteiger partial charge in [-0.3, -0.25) is 4.79 Å². The lowest BCUT2D eigenvalue weighted by atomic mass is 10.1. The van der Waals surface area contributed by atoms with E-state index in [-0.39, 0.29) is 11.7 Å². The second-order valence-corrected chi connectivity index (χ2v) is 5.55. The lowest BCUT2D eigenvalue weighted by Crippen LogP contribution is -2.27. The highest BCUT2D eigenvalue weighted by atomic mass is 79.9. The minimum Gasteiger partial charge on any atom is -0.345 e. The molecule has 1 unspecified atom stereocenters. The van der Waals surface area contributed by atoms with Gasteiger partial charge in [0.1, 0.15) is 5.82 Å². The van der Waals surface area contributed by atoms with Crippen molar-refractivity contribution >= 4 is 21.8 Å². The molecule has 0 aromatic heterocycles. The van der Waals surface area contributed by atoms with Crippen LogP contribution in [0.3, 0.4) is 0 Å². The van der Waals surface area contributed by atoms with Crippen LogP contribution < -0.4 is 5.32 Å². The summed E-state index contributed by atoms with van der Waals surface area (Å²) in [5.41, 5.74) is 2.08. The molecule has 0 spiro atoms. The van der Waals surface area contributed by atoms with Gasteiger partial charge in [-0.2, -0.15) is 0 Å². The van der Waals surface area contributed by atoms with E-state index in [2.05, 4.69) is 21.2 Å². The molecular weight excluding hydrogens is 321 g/mol. The quantitative estimate of drug-likeness (QED) is 0.885. The molecule has 0 heterocycles. The Hall–Kier alpha value is -1.68. The fourth-order valence-corrected chi connectivity index (χ4v) is 2.66. The molecule has 2 aromatic carbocycles. The zero-order valence-corrected chi connectivity index (χ0v) is 12.9. The molecule has 0 aliphatic rings. The Kier molecular flexibility index (Phi) is 4.55. The molecular formula is C16H15BrFNO. The zero-order valence-electron chi connectivity index (χ0n) is 11.3. The lowest BCUT2D eigenvalue weighted by molar-refractivity contribution is 0.0938. The van der Waals surface area contributed by atoms with Crippen molar-refractivity contribution < 1.29 is 9.18 Å². The number of aryl methyl sites for hydroxylation is 1. The third-order valence-corrected chi connectivity index (χ3v) is 3.74. The van der Waals surface area contributed by atoms with Crippen LogP contribution in [0.15, 0.2) is 46.9 Å². The number of hydrogen-bond donors (Lipinski definition) is 1. The summed E-state index contributed by atoms with van der Waals surface area (Å²) in [5, 5.41) is 2.80. The molecule has 0 aliphatic carbocycles. The van der Waals surface area contributed by atoms with Crippen molar-refractivity contribution in [3.8, 4) is 0 Å². The predicted molar refractivity (Wildman–Crippen MR) is 81.2 cm³/mol. The van der Waals surface area contributed by atoms with E-state index in [1.54, 1.807) is 31.2 Å². The topological polar surface area (TPSA) is 29.1 Å². The van der Waals surface area contributed by atoms with E-state index in [9.17, 15) is 9.18 Å². The second kappa shape index (κ2) is 6.18. The van der Waals surface area contributed by atoms with Gasteiger partial charge in [-0.15, -0.1) is 0 Å². The summed E-state index contributed by atoms with van der Waals surface area (Å²) in [6, 6.07) is 11.5. The highest BCUT2D eigenvalue weighted by molar-refractivity contribution is 9.10. The average Bonchev–Trinajstić information content (AvgIpc) is 2.38. The summed E-state index contributed by atoms with van der Waals surface area (Å²) >= 11 is 3.37. The summed E-state index contributed by atoms with van der Waals surface area (Å²) in [7, 11) is 0. The summed E-state index contributed by atoms with van der Waals surface area (Å²) in [6.07, 6.45) is 0. The molecule has 0 aliphatic heterocycles. The standard InChI is InChI=1S/C16H15BrFNO/c1-10-7-8-13(14(17)9-10)16(20)19-11(2)12-5-3-4-6-15(12)18/h3-9,11H,1-2H3,(H,19,20). The molecule has 4 heteroatoms. The van der Waals surface area contributed by atoms with Crippen molar-refractivity contribution in [2.45, 2.75) is 19.9 Å². The van der Waals surface area contributed by atoms with E-state index in [4.69, 9.17) is 0 Å². The number of halogens is 2. The van der Waals surface area contributed by atoms with Crippen LogP contribution in [-0.2, 0) is 0 Å². The molecule has 1 amide bonds. The van der Waals surface area contributed by atoms with Crippen LogP contribution in [0.1, 0.15) is 34.5 Å². The predicted octanol–water partition coefficient (Wildman–Crippen LogP) is 4.39. The van der Waals surface area contributed by atoms with Gasteiger partial charge >= 0.3 is 0 Å². The molecule has 0 saturated carbocycles. The van der Waals surface area contributed by atoms with E-state index >= 15 is 0 Å². The van der Waals surface area contributed by atoms with Crippen molar-refractivity contribution in [3.63, 3.8) is 0 Å². The van der Waals surface area contributed by atoms with Gasteiger partial charge in [0.05, 0.1) is 11.6 Å². The van der Waals surface area contributed by atoms with Gasteiger partial charge in [-0.1, -0.05) is 24.3 Å². The molecule has 2 aromatic rings. The Morgan fingerprint density at radius 3 is 2.60 bits per heavy atom. The summed E-state index contributed by atoms with van der Waals surface area (Å²) in [6.45, 7) is 3.72. The molecule has 0 fully saturated rings. The number of carbonyl (C=O) groups excluding carboxylic acids is 1. The Bertz CT molecular complexity index is 642. The third-order valence-electron chi connectivity index (χ3n) is 3.09. The van der Waals surface area contributed by atoms with E-state index in [1.165, 1.54) is 6.07 Å². The molecule has 0 saturated heterocycles. The molecule has 0 bridgehead atoms. The van der Waals surface area contributed by atoms with Gasteiger partial charge in [-0.25, -0.2) is 4.39 Å². The van der Waals surface area contributed by atoms with Gasteiger partial charge in [-0.05, 0) is 53.5 Å². The summed E-state index contributed by atoms with van der Waals surface area (Å²) in [5.74, 6) is -0.545. The maximum atomic E-state index is 13.7. The van der Waals surface area contributed by atoms with Crippen LogP contribution in [0.2, 0.25) is 0 Å². The average molecular weight is 336 g/mol. The summed E-state index contributed by atoms with van der Waals surface area (Å²) in [4.78, 5) is 12.2. The van der Waals surface area contributed by atoms with E-state index in [0.717, 1.165) is 10.0 Å². The van der Waals surface area contributed by atoms with E-state index < -0.39 is 6.04 Å². The number of hydrogen-bond acceptors (Lipinski definition) is 1. The van der Waals surface area contributed by atoms with Gasteiger partial charge < -0.3 is 5.32 Å². The highest BCUT2D eigenvalue weighted by Crippen LogP contribution is 2.21. The van der Waals surface area contributed by atoms with E-state index in [0.29, 0.717) is 11.1 Å². The van der Waals surface area contributed by atoms with Crippen molar-refractivity contribution in [1.29, 1.82) is 0 Å². The summed E-state index contributed by atoms with van der Waals surface area (Å²) < 4.78 is 14.4. The van der Waals surface area contributed by atoms with E-state index in [1.807, 2.05) is 19.1 Å². The molecule has 2 rings (SSSR count). The van der Waals surface area contributed by atoms with Crippen molar-refractivity contribution in [2.24, 2.45) is 0 Å². The normalized spacial score (nSPS) is 12.0. The molecule has 20 heavy (non-hydrogen) atoms. The van der Waals surface area contributed by atoms with Crippen LogP contribution in [0.5, 0.6) is 0 Å². The van der Waals surface area contributed by atoms with Crippen molar-refractivity contribution in [1.82, 2.24) is 5.32 Å². The van der Waals surface area contributed by atoms with Crippen LogP contribution >= 0.6 is 15.9 Å². The Labute approximate surface area is 126 Å². The zero-order chi connectivity index (χ0) is 14.7. The number of carbonyl (C=O) groups is 1. The fourth-order valence-electron chi connectivity index (χ4n) is 1.98. The largest absolute Gasteiger partial charge is 0.345 e. The van der Waals surface area contributed by atoms with Crippen LogP contribution in [0.25, 0.3) is 0 Å². The molecule has 104 valence electrons. The first kappa shape index (κ1) is 14.7. The third kappa shape index (κ3) is 3.25. The molecule has 1 atom stereocenters. The first-order valence-corrected chi connectivity index (χ1v) is 7.10. The monoisotopic (exact) mass is 335 g/mol. The van der Waals surface area contributed by atoms with Crippen molar-refractivity contribution in [2.75, 3.05) is 0 Å². The smallest absolute Gasteiger partial charge is 0.252 e. The number of benzene rings is 2. The SMILES string of the molecule is Cc1ccc(C(=O)NC(C)c2ccccc2F)c(Br)c1. The minimum atomic E-state index is -0.392. The highest BCUT2D eigenvalue weighted by Gasteiger charge is 2.16. The van der Waals surface area contributed by atoms with Gasteiger partial charge in [0.2, 0.25) is 0 Å². The first-order valence-electron chi connectivity index (χ1n) is 6.30. The fraction of sp³-hybridized carbons (Fsp3) is 0.188. The molecule has 0 radical (unpaired) electrons. The number of nitrogens with one attached hydrogen (secondary N) is 1.